The molecular formula is C10H8ClF3O2. The van der Waals surface area contributed by atoms with Crippen LogP contribution < -0.4 is 4.74 Å². The van der Waals surface area contributed by atoms with Crippen molar-refractivity contribution in [3.8, 4) is 5.75 Å². The van der Waals surface area contributed by atoms with Crippen molar-refractivity contribution in [2.45, 2.75) is 13.1 Å². The number of benzene rings is 1. The third kappa shape index (κ3) is 2.47. The number of alkyl halides is 3. The molecule has 0 atom stereocenters. The van der Waals surface area contributed by atoms with Gasteiger partial charge in [0.15, 0.2) is 0 Å². The summed E-state index contributed by atoms with van der Waals surface area (Å²) in [5.41, 5.74) is -0.290. The van der Waals surface area contributed by atoms with E-state index >= 15 is 0 Å². The van der Waals surface area contributed by atoms with Gasteiger partial charge in [-0.1, -0.05) is 11.6 Å². The van der Waals surface area contributed by atoms with E-state index in [4.69, 9.17) is 16.3 Å². The van der Waals surface area contributed by atoms with Crippen molar-refractivity contribution in [1.82, 2.24) is 0 Å². The van der Waals surface area contributed by atoms with Crippen LogP contribution in [-0.2, 0) is 0 Å². The summed E-state index contributed by atoms with van der Waals surface area (Å²) >= 11 is 5.65. The van der Waals surface area contributed by atoms with Crippen molar-refractivity contribution < 1.29 is 22.7 Å². The van der Waals surface area contributed by atoms with E-state index in [-0.39, 0.29) is 16.3 Å². The quantitative estimate of drug-likeness (QED) is 0.754. The molecule has 2 nitrogen and oxygen atoms in total. The fourth-order valence-corrected chi connectivity index (χ4v) is 1.45. The van der Waals surface area contributed by atoms with Crippen LogP contribution in [0.1, 0.15) is 15.9 Å². The summed E-state index contributed by atoms with van der Waals surface area (Å²) in [6.07, 6.45) is -4.90. The number of hydrogen-bond acceptors (Lipinski definition) is 2. The van der Waals surface area contributed by atoms with Gasteiger partial charge >= 0.3 is 6.18 Å². The lowest BCUT2D eigenvalue weighted by atomic mass is 10.0. The second-order valence-corrected chi connectivity index (χ2v) is 3.54. The van der Waals surface area contributed by atoms with Gasteiger partial charge in [-0.05, 0) is 24.6 Å². The molecule has 0 aliphatic carbocycles. The Labute approximate surface area is 95.0 Å². The summed E-state index contributed by atoms with van der Waals surface area (Å²) < 4.78 is 41.4. The average Bonchev–Trinajstić information content (AvgIpc) is 2.18. The zero-order valence-electron chi connectivity index (χ0n) is 8.48. The molecule has 0 spiro atoms. The van der Waals surface area contributed by atoms with E-state index in [0.717, 1.165) is 6.07 Å². The average molecular weight is 253 g/mol. The molecule has 0 saturated carbocycles. The molecule has 0 aromatic heterocycles. The molecule has 88 valence electrons. The maximum Gasteiger partial charge on any atom is 0.454 e. The van der Waals surface area contributed by atoms with Crippen LogP contribution in [0.15, 0.2) is 12.1 Å². The van der Waals surface area contributed by atoms with Gasteiger partial charge in [0.25, 0.3) is 5.78 Å². The molecule has 1 aromatic carbocycles. The first-order valence-corrected chi connectivity index (χ1v) is 4.61. The van der Waals surface area contributed by atoms with Crippen molar-refractivity contribution in [1.29, 1.82) is 0 Å². The van der Waals surface area contributed by atoms with Crippen LogP contribution in [-0.4, -0.2) is 19.1 Å². The van der Waals surface area contributed by atoms with Crippen LogP contribution in [0.5, 0.6) is 5.75 Å². The minimum Gasteiger partial charge on any atom is -0.495 e. The first-order valence-electron chi connectivity index (χ1n) is 4.23. The maximum atomic E-state index is 12.2. The fraction of sp³-hybridized carbons (Fsp3) is 0.300. The second-order valence-electron chi connectivity index (χ2n) is 3.13. The highest BCUT2D eigenvalue weighted by Crippen LogP contribution is 2.31. The summed E-state index contributed by atoms with van der Waals surface area (Å²) in [6.45, 7) is 1.39. The Morgan fingerprint density at radius 2 is 1.94 bits per heavy atom. The van der Waals surface area contributed by atoms with E-state index in [1.165, 1.54) is 20.1 Å². The lowest BCUT2D eigenvalue weighted by Gasteiger charge is -2.10. The number of Topliss-reactive ketones (excluding diaryl/α,β-unsaturated/α-hetero) is 1. The molecule has 0 radical (unpaired) electrons. The van der Waals surface area contributed by atoms with Crippen molar-refractivity contribution >= 4 is 17.4 Å². The molecule has 1 rings (SSSR count). The number of carbonyl (C=O) groups is 1. The standard InChI is InChI=1S/C10H8ClF3O2/c1-5-3-8(16-2)7(11)4-6(5)9(15)10(12,13)14/h3-4H,1-2H3. The van der Waals surface area contributed by atoms with Gasteiger partial charge < -0.3 is 4.74 Å². The number of halogens is 4. The Hall–Kier alpha value is -1.23. The summed E-state index contributed by atoms with van der Waals surface area (Å²) in [6, 6.07) is 2.26. The third-order valence-corrected chi connectivity index (χ3v) is 2.30. The first kappa shape index (κ1) is 12.8. The van der Waals surface area contributed by atoms with Crippen LogP contribution in [0.2, 0.25) is 5.02 Å². The number of rotatable bonds is 2. The lowest BCUT2D eigenvalue weighted by Crippen LogP contribution is -2.23. The first-order chi connectivity index (χ1) is 7.27. The molecule has 0 aliphatic rings. The highest BCUT2D eigenvalue weighted by Gasteiger charge is 2.40. The number of ether oxygens (including phenoxy) is 1. The Kier molecular flexibility index (Phi) is 3.48. The Balaban J connectivity index is 3.27. The highest BCUT2D eigenvalue weighted by atomic mass is 35.5. The Morgan fingerprint density at radius 1 is 1.38 bits per heavy atom. The minimum absolute atomic E-state index is 0.0271. The lowest BCUT2D eigenvalue weighted by molar-refractivity contribution is -0.0885. The third-order valence-electron chi connectivity index (χ3n) is 2.00. The molecule has 0 fully saturated rings. The van der Waals surface area contributed by atoms with E-state index in [1.54, 1.807) is 0 Å². The zero-order valence-corrected chi connectivity index (χ0v) is 9.24. The number of methoxy groups -OCH3 is 1. The molecule has 6 heteroatoms. The van der Waals surface area contributed by atoms with E-state index in [2.05, 4.69) is 0 Å². The van der Waals surface area contributed by atoms with Crippen LogP contribution in [0.25, 0.3) is 0 Å². The van der Waals surface area contributed by atoms with Crippen molar-refractivity contribution in [2.75, 3.05) is 7.11 Å². The van der Waals surface area contributed by atoms with Gasteiger partial charge in [0.1, 0.15) is 5.75 Å². The van der Waals surface area contributed by atoms with E-state index in [1.807, 2.05) is 0 Å². The van der Waals surface area contributed by atoms with Crippen molar-refractivity contribution in [3.05, 3.63) is 28.3 Å². The van der Waals surface area contributed by atoms with E-state index in [9.17, 15) is 18.0 Å². The monoisotopic (exact) mass is 252 g/mol. The van der Waals surface area contributed by atoms with E-state index in [0.29, 0.717) is 0 Å². The van der Waals surface area contributed by atoms with Gasteiger partial charge in [0.05, 0.1) is 12.1 Å². The van der Waals surface area contributed by atoms with Crippen LogP contribution in [0.3, 0.4) is 0 Å². The molecule has 0 amide bonds. The summed E-state index contributed by atoms with van der Waals surface area (Å²) in [7, 11) is 1.34. The Bertz CT molecular complexity index is 427. The molecular weight excluding hydrogens is 245 g/mol. The number of ketones is 1. The molecule has 0 aliphatic heterocycles. The fourth-order valence-electron chi connectivity index (χ4n) is 1.21. The van der Waals surface area contributed by atoms with Crippen LogP contribution in [0, 0.1) is 6.92 Å². The predicted molar refractivity (Wildman–Crippen MR) is 53.1 cm³/mol. The van der Waals surface area contributed by atoms with Crippen LogP contribution >= 0.6 is 11.6 Å². The molecule has 0 bridgehead atoms. The molecule has 0 unspecified atom stereocenters. The second kappa shape index (κ2) is 4.33. The van der Waals surface area contributed by atoms with Crippen molar-refractivity contribution in [2.24, 2.45) is 0 Å². The topological polar surface area (TPSA) is 26.3 Å². The number of carbonyl (C=O) groups excluding carboxylic acids is 1. The summed E-state index contributed by atoms with van der Waals surface area (Å²) in [4.78, 5) is 11.0. The van der Waals surface area contributed by atoms with Gasteiger partial charge in [-0.3, -0.25) is 4.79 Å². The van der Waals surface area contributed by atoms with Gasteiger partial charge in [0.2, 0.25) is 0 Å². The van der Waals surface area contributed by atoms with Gasteiger partial charge in [-0.2, -0.15) is 13.2 Å². The molecule has 0 saturated heterocycles. The maximum absolute atomic E-state index is 12.2. The summed E-state index contributed by atoms with van der Waals surface area (Å²) in [5, 5.41) is -0.0271. The zero-order chi connectivity index (χ0) is 12.5. The molecule has 16 heavy (non-hydrogen) atoms. The largest absolute Gasteiger partial charge is 0.495 e. The van der Waals surface area contributed by atoms with E-state index < -0.39 is 17.5 Å². The molecule has 0 N–H and O–H groups in total. The molecule has 0 heterocycles. The van der Waals surface area contributed by atoms with Crippen molar-refractivity contribution in [3.63, 3.8) is 0 Å². The summed E-state index contributed by atoms with van der Waals surface area (Å²) in [5.74, 6) is -1.67. The Morgan fingerprint density at radius 3 is 2.38 bits per heavy atom. The van der Waals surface area contributed by atoms with Crippen LogP contribution in [0.4, 0.5) is 13.2 Å². The predicted octanol–water partition coefficient (Wildman–Crippen LogP) is 3.40. The normalized spacial score (nSPS) is 11.4. The van der Waals surface area contributed by atoms with Gasteiger partial charge in [0, 0.05) is 5.56 Å². The number of aryl methyl sites for hydroxylation is 1. The minimum atomic E-state index is -4.90. The number of hydrogen-bond donors (Lipinski definition) is 0. The van der Waals surface area contributed by atoms with Gasteiger partial charge in [-0.25, -0.2) is 0 Å². The smallest absolute Gasteiger partial charge is 0.454 e. The van der Waals surface area contributed by atoms with Gasteiger partial charge in [-0.15, -0.1) is 0 Å². The SMILES string of the molecule is COc1cc(C)c(C(=O)C(F)(F)F)cc1Cl. The molecule has 1 aromatic rings. The highest BCUT2D eigenvalue weighted by molar-refractivity contribution is 6.32.